The van der Waals surface area contributed by atoms with Gasteiger partial charge in [0.25, 0.3) is 0 Å². The highest BCUT2D eigenvalue weighted by Gasteiger charge is 2.40. The van der Waals surface area contributed by atoms with Crippen molar-refractivity contribution in [3.8, 4) is 0 Å². The molecule has 4 fully saturated rings. The number of sulfone groups is 1. The van der Waals surface area contributed by atoms with E-state index in [1.807, 2.05) is 0 Å². The Morgan fingerprint density at radius 3 is 2.33 bits per heavy atom. The van der Waals surface area contributed by atoms with Gasteiger partial charge in [0.2, 0.25) is 0 Å². The summed E-state index contributed by atoms with van der Waals surface area (Å²) in [6, 6.07) is 0.727. The van der Waals surface area contributed by atoms with Gasteiger partial charge in [-0.2, -0.15) is 0 Å². The average molecular weight is 272 g/mol. The number of hydrogen-bond acceptors (Lipinski definition) is 4. The standard InChI is InChI=1S/C13H24N2O2S/c1-18(16,17)13-4-2-3-11(13)14-12-9-15-7-5-10(12)6-8-15/h10-14H,2-9H2,1H3. The van der Waals surface area contributed by atoms with Crippen molar-refractivity contribution >= 4 is 9.84 Å². The highest BCUT2D eigenvalue weighted by Crippen LogP contribution is 2.31. The van der Waals surface area contributed by atoms with E-state index >= 15 is 0 Å². The van der Waals surface area contributed by atoms with E-state index in [9.17, 15) is 8.42 Å². The molecule has 0 spiro atoms. The molecule has 0 aromatic heterocycles. The van der Waals surface area contributed by atoms with E-state index in [4.69, 9.17) is 0 Å². The fourth-order valence-electron chi connectivity index (χ4n) is 4.06. The van der Waals surface area contributed by atoms with Gasteiger partial charge in [0.1, 0.15) is 0 Å². The van der Waals surface area contributed by atoms with Gasteiger partial charge >= 0.3 is 0 Å². The molecule has 2 bridgehead atoms. The average Bonchev–Trinajstić information content (AvgIpc) is 2.78. The molecule has 3 saturated heterocycles. The first-order valence-electron chi connectivity index (χ1n) is 7.21. The lowest BCUT2D eigenvalue weighted by Gasteiger charge is -2.46. The summed E-state index contributed by atoms with van der Waals surface area (Å²) in [7, 11) is -2.89. The maximum atomic E-state index is 11.8. The van der Waals surface area contributed by atoms with Crippen LogP contribution in [0.4, 0.5) is 0 Å². The first-order chi connectivity index (χ1) is 8.54. The Balaban J connectivity index is 1.66. The second kappa shape index (κ2) is 4.76. The van der Waals surface area contributed by atoms with Crippen LogP contribution in [0.15, 0.2) is 0 Å². The molecule has 0 aromatic carbocycles. The zero-order valence-electron chi connectivity index (χ0n) is 11.1. The van der Waals surface area contributed by atoms with E-state index in [0.29, 0.717) is 6.04 Å². The SMILES string of the molecule is CS(=O)(=O)C1CCCC1NC1CN2CCC1CC2. The normalized spacial score (nSPS) is 44.4. The second-order valence-corrected chi connectivity index (χ2v) is 8.58. The van der Waals surface area contributed by atoms with Crippen LogP contribution >= 0.6 is 0 Å². The predicted octanol–water partition coefficient (Wildman–Crippen LogP) is 0.636. The summed E-state index contributed by atoms with van der Waals surface area (Å²) in [5.74, 6) is 0.774. The van der Waals surface area contributed by atoms with Crippen molar-refractivity contribution in [1.82, 2.24) is 10.2 Å². The predicted molar refractivity (Wildman–Crippen MR) is 72.4 cm³/mol. The summed E-state index contributed by atoms with van der Waals surface area (Å²) < 4.78 is 23.6. The lowest BCUT2D eigenvalue weighted by Crippen LogP contribution is -2.59. The number of nitrogens with one attached hydrogen (secondary N) is 1. The van der Waals surface area contributed by atoms with E-state index in [1.54, 1.807) is 0 Å². The summed E-state index contributed by atoms with van der Waals surface area (Å²) in [6.07, 6.45) is 6.89. The van der Waals surface area contributed by atoms with Crippen LogP contribution < -0.4 is 5.32 Å². The molecule has 3 heterocycles. The Morgan fingerprint density at radius 2 is 1.78 bits per heavy atom. The zero-order valence-corrected chi connectivity index (χ0v) is 12.0. The molecule has 0 radical (unpaired) electrons. The molecule has 0 aromatic rings. The third-order valence-electron chi connectivity index (χ3n) is 5.09. The molecule has 4 nitrogen and oxygen atoms in total. The molecule has 4 aliphatic rings. The van der Waals surface area contributed by atoms with E-state index in [-0.39, 0.29) is 11.3 Å². The van der Waals surface area contributed by atoms with Crippen LogP contribution in [0.25, 0.3) is 0 Å². The lowest BCUT2D eigenvalue weighted by atomic mass is 9.83. The molecule has 3 atom stereocenters. The number of rotatable bonds is 3. The van der Waals surface area contributed by atoms with Crippen molar-refractivity contribution in [2.24, 2.45) is 5.92 Å². The van der Waals surface area contributed by atoms with Gasteiger partial charge in [-0.3, -0.25) is 0 Å². The molecule has 18 heavy (non-hydrogen) atoms. The lowest BCUT2D eigenvalue weighted by molar-refractivity contribution is 0.0675. The Bertz CT molecular complexity index is 401. The van der Waals surface area contributed by atoms with Crippen molar-refractivity contribution in [2.75, 3.05) is 25.9 Å². The topological polar surface area (TPSA) is 49.4 Å². The van der Waals surface area contributed by atoms with Gasteiger partial charge in [-0.1, -0.05) is 6.42 Å². The Kier molecular flexibility index (Phi) is 3.41. The molecule has 1 aliphatic carbocycles. The van der Waals surface area contributed by atoms with Crippen LogP contribution in [0, 0.1) is 5.92 Å². The maximum absolute atomic E-state index is 11.8. The fraction of sp³-hybridized carbons (Fsp3) is 1.00. The van der Waals surface area contributed by atoms with Crippen LogP contribution in [-0.4, -0.2) is 56.5 Å². The first kappa shape index (κ1) is 12.9. The molecule has 3 aliphatic heterocycles. The van der Waals surface area contributed by atoms with Crippen LogP contribution in [-0.2, 0) is 9.84 Å². The largest absolute Gasteiger partial charge is 0.308 e. The number of fused-ring (bicyclic) bond motifs is 3. The van der Waals surface area contributed by atoms with Crippen LogP contribution in [0.5, 0.6) is 0 Å². The van der Waals surface area contributed by atoms with Crippen molar-refractivity contribution in [2.45, 2.75) is 49.4 Å². The highest BCUT2D eigenvalue weighted by atomic mass is 32.2. The molecule has 104 valence electrons. The Morgan fingerprint density at radius 1 is 1.06 bits per heavy atom. The highest BCUT2D eigenvalue weighted by molar-refractivity contribution is 7.91. The quantitative estimate of drug-likeness (QED) is 0.819. The van der Waals surface area contributed by atoms with Gasteiger partial charge in [0, 0.05) is 24.9 Å². The third-order valence-corrected chi connectivity index (χ3v) is 6.75. The molecule has 4 rings (SSSR count). The van der Waals surface area contributed by atoms with Gasteiger partial charge in [-0.25, -0.2) is 8.42 Å². The Hall–Kier alpha value is -0.130. The summed E-state index contributed by atoms with van der Waals surface area (Å²) in [5.41, 5.74) is 0. The van der Waals surface area contributed by atoms with Crippen LogP contribution in [0.3, 0.4) is 0 Å². The molecule has 1 N–H and O–H groups in total. The first-order valence-corrected chi connectivity index (χ1v) is 9.17. The monoisotopic (exact) mass is 272 g/mol. The van der Waals surface area contributed by atoms with E-state index in [1.165, 1.54) is 32.2 Å². The van der Waals surface area contributed by atoms with Gasteiger partial charge in [-0.05, 0) is 44.7 Å². The minimum Gasteiger partial charge on any atom is -0.308 e. The third kappa shape index (κ3) is 2.45. The minimum absolute atomic E-state index is 0.145. The smallest absolute Gasteiger partial charge is 0.151 e. The minimum atomic E-state index is -2.89. The molecule has 1 saturated carbocycles. The maximum Gasteiger partial charge on any atom is 0.151 e. The van der Waals surface area contributed by atoms with E-state index in [0.717, 1.165) is 31.7 Å². The van der Waals surface area contributed by atoms with Crippen molar-refractivity contribution in [3.63, 3.8) is 0 Å². The number of nitrogens with zero attached hydrogens (tertiary/aromatic N) is 1. The van der Waals surface area contributed by atoms with Gasteiger partial charge in [0.15, 0.2) is 9.84 Å². The number of hydrogen-bond donors (Lipinski definition) is 1. The van der Waals surface area contributed by atoms with Gasteiger partial charge in [0.05, 0.1) is 5.25 Å². The number of piperidine rings is 3. The molecular weight excluding hydrogens is 248 g/mol. The molecule has 5 heteroatoms. The molecular formula is C13H24N2O2S. The van der Waals surface area contributed by atoms with Crippen LogP contribution in [0.1, 0.15) is 32.1 Å². The van der Waals surface area contributed by atoms with Crippen molar-refractivity contribution in [1.29, 1.82) is 0 Å². The van der Waals surface area contributed by atoms with E-state index < -0.39 is 9.84 Å². The summed E-state index contributed by atoms with van der Waals surface area (Å²) in [5, 5.41) is 3.54. The Labute approximate surface area is 110 Å². The molecule has 3 unspecified atom stereocenters. The second-order valence-electron chi connectivity index (χ2n) is 6.32. The molecule has 0 amide bonds. The van der Waals surface area contributed by atoms with E-state index in [2.05, 4.69) is 10.2 Å². The van der Waals surface area contributed by atoms with Gasteiger partial charge < -0.3 is 10.2 Å². The zero-order chi connectivity index (χ0) is 12.8. The summed E-state index contributed by atoms with van der Waals surface area (Å²) >= 11 is 0. The summed E-state index contributed by atoms with van der Waals surface area (Å²) in [4.78, 5) is 2.52. The van der Waals surface area contributed by atoms with Crippen molar-refractivity contribution < 1.29 is 8.42 Å². The fourth-order valence-corrected chi connectivity index (χ4v) is 5.46. The van der Waals surface area contributed by atoms with Crippen molar-refractivity contribution in [3.05, 3.63) is 0 Å². The van der Waals surface area contributed by atoms with Crippen LogP contribution in [0.2, 0.25) is 0 Å². The van der Waals surface area contributed by atoms with Gasteiger partial charge in [-0.15, -0.1) is 0 Å². The summed E-state index contributed by atoms with van der Waals surface area (Å²) in [6.45, 7) is 3.60.